The largest absolute Gasteiger partial charge is 0.294 e. The van der Waals surface area contributed by atoms with Crippen LogP contribution >= 0.6 is 0 Å². The van der Waals surface area contributed by atoms with E-state index in [0.29, 0.717) is 0 Å². The maximum atomic E-state index is 11.0. The molecule has 0 radical (unpaired) electrons. The average Bonchev–Trinajstić information content (AvgIpc) is 2.06. The number of nitrogens with zero attached hydrogens (tertiary/aromatic N) is 1. The van der Waals surface area contributed by atoms with E-state index in [-0.39, 0.29) is 16.4 Å². The molecule has 1 rings (SSSR count). The topological polar surface area (TPSA) is 63.6 Å². The molecular formula is C6H5NO3S2. The molecule has 12 heavy (non-hydrogen) atoms. The average molecular weight is 203 g/mol. The van der Waals surface area contributed by atoms with Crippen LogP contribution in [0.2, 0.25) is 0 Å². The summed E-state index contributed by atoms with van der Waals surface area (Å²) in [6.45, 7) is 0. The van der Waals surface area contributed by atoms with Crippen LogP contribution < -0.4 is 0 Å². The Hall–Kier alpha value is -1.01. The van der Waals surface area contributed by atoms with E-state index in [1.165, 1.54) is 12.1 Å². The highest BCUT2D eigenvalue weighted by Gasteiger charge is 2.10. The van der Waals surface area contributed by atoms with Crippen molar-refractivity contribution in [2.75, 3.05) is 0 Å². The zero-order valence-corrected chi connectivity index (χ0v) is 7.51. The third-order valence-corrected chi connectivity index (χ3v) is 3.07. The van der Waals surface area contributed by atoms with Crippen molar-refractivity contribution in [2.45, 2.75) is 4.90 Å². The van der Waals surface area contributed by atoms with E-state index in [1.54, 1.807) is 18.2 Å². The normalized spacial score (nSPS) is 10.7. The third-order valence-electron chi connectivity index (χ3n) is 1.17. The van der Waals surface area contributed by atoms with Gasteiger partial charge in [0, 0.05) is 0 Å². The minimum Gasteiger partial charge on any atom is -0.198 e. The quantitative estimate of drug-likeness (QED) is 0.713. The van der Waals surface area contributed by atoms with Crippen LogP contribution in [0.15, 0.2) is 39.0 Å². The van der Waals surface area contributed by atoms with Crippen molar-refractivity contribution in [1.29, 1.82) is 0 Å². The van der Waals surface area contributed by atoms with Crippen LogP contribution in [0.5, 0.6) is 0 Å². The molecule has 1 aromatic rings. The van der Waals surface area contributed by atoms with Gasteiger partial charge in [0.05, 0.1) is 4.90 Å². The second kappa shape index (κ2) is 3.59. The van der Waals surface area contributed by atoms with Gasteiger partial charge in [-0.05, 0) is 12.1 Å². The highest BCUT2D eigenvalue weighted by Crippen LogP contribution is 2.09. The fourth-order valence-corrected chi connectivity index (χ4v) is 1.84. The summed E-state index contributed by atoms with van der Waals surface area (Å²) in [7, 11) is -3.73. The van der Waals surface area contributed by atoms with E-state index in [4.69, 9.17) is 0 Å². The summed E-state index contributed by atoms with van der Waals surface area (Å²) < 4.78 is 34.8. The second-order valence-electron chi connectivity index (χ2n) is 1.94. The van der Waals surface area contributed by atoms with Gasteiger partial charge in [0.15, 0.2) is 0 Å². The summed E-state index contributed by atoms with van der Waals surface area (Å²) >= 11 is -0.310. The Morgan fingerprint density at radius 2 is 1.75 bits per heavy atom. The molecule has 6 heteroatoms. The molecule has 0 heterocycles. The predicted octanol–water partition coefficient (Wildman–Crippen LogP) is 0.772. The van der Waals surface area contributed by atoms with Crippen LogP contribution in [0.25, 0.3) is 0 Å². The first kappa shape index (κ1) is 9.08. The van der Waals surface area contributed by atoms with Gasteiger partial charge in [-0.2, -0.15) is 12.6 Å². The summed E-state index contributed by atoms with van der Waals surface area (Å²) in [4.78, 5) is 0.0355. The Morgan fingerprint density at radius 1 is 1.17 bits per heavy atom. The van der Waals surface area contributed by atoms with Gasteiger partial charge in [-0.3, -0.25) is 0 Å². The minimum absolute atomic E-state index is 0.0355. The predicted molar refractivity (Wildman–Crippen MR) is 44.2 cm³/mol. The molecule has 0 amide bonds. The van der Waals surface area contributed by atoms with Crippen LogP contribution in [0.3, 0.4) is 0 Å². The molecule has 0 bridgehead atoms. The van der Waals surface area contributed by atoms with E-state index < -0.39 is 10.0 Å². The Labute approximate surface area is 73.5 Å². The number of benzene rings is 1. The Bertz CT molecular complexity index is 406. The lowest BCUT2D eigenvalue weighted by Crippen LogP contribution is -1.94. The van der Waals surface area contributed by atoms with Crippen LogP contribution in [-0.2, 0) is 21.5 Å². The van der Waals surface area contributed by atoms with Gasteiger partial charge in [0.25, 0.3) is 10.0 Å². The van der Waals surface area contributed by atoms with Crippen molar-refractivity contribution in [3.05, 3.63) is 30.3 Å². The number of sulfonamides is 1. The fourth-order valence-electron chi connectivity index (χ4n) is 0.676. The van der Waals surface area contributed by atoms with Crippen LogP contribution in [0.1, 0.15) is 0 Å². The summed E-state index contributed by atoms with van der Waals surface area (Å²) in [6.07, 6.45) is 0. The van der Waals surface area contributed by atoms with E-state index in [2.05, 4.69) is 3.77 Å². The maximum Gasteiger partial charge on any atom is 0.294 e. The van der Waals surface area contributed by atoms with Crippen LogP contribution in [0.4, 0.5) is 0 Å². The number of hydrogen-bond acceptors (Lipinski definition) is 3. The van der Waals surface area contributed by atoms with Crippen LogP contribution in [-0.4, -0.2) is 12.6 Å². The standard InChI is InChI=1S/C6H5NO3S2/c8-11-7-12(9,10)6-4-2-1-3-5-6/h1-5H. The molecule has 0 N–H and O–H groups in total. The highest BCUT2D eigenvalue weighted by atomic mass is 32.2. The van der Waals surface area contributed by atoms with Gasteiger partial charge in [-0.15, -0.1) is 0 Å². The Kier molecular flexibility index (Phi) is 2.72. The lowest BCUT2D eigenvalue weighted by molar-refractivity contribution is 0.598. The second-order valence-corrected chi connectivity index (χ2v) is 4.10. The van der Waals surface area contributed by atoms with E-state index >= 15 is 0 Å². The van der Waals surface area contributed by atoms with Crippen LogP contribution in [0, 0.1) is 0 Å². The lowest BCUT2D eigenvalue weighted by atomic mass is 10.4. The SMILES string of the molecule is O=S=NS(=O)(=O)c1ccccc1. The summed E-state index contributed by atoms with van der Waals surface area (Å²) in [5.41, 5.74) is 0. The van der Waals surface area contributed by atoms with Crippen molar-refractivity contribution in [3.8, 4) is 0 Å². The monoisotopic (exact) mass is 203 g/mol. The van der Waals surface area contributed by atoms with Gasteiger partial charge in [-0.25, -0.2) is 0 Å². The molecule has 0 aromatic heterocycles. The van der Waals surface area contributed by atoms with Gasteiger partial charge < -0.3 is 0 Å². The summed E-state index contributed by atoms with van der Waals surface area (Å²) in [6, 6.07) is 7.59. The Balaban J connectivity index is 3.25. The first-order valence-electron chi connectivity index (χ1n) is 2.98. The molecule has 0 aliphatic heterocycles. The molecule has 0 saturated carbocycles. The molecule has 0 aliphatic carbocycles. The number of hydrogen-bond donors (Lipinski definition) is 0. The van der Waals surface area contributed by atoms with Crippen molar-refractivity contribution in [3.63, 3.8) is 0 Å². The fraction of sp³-hybridized carbons (Fsp3) is 0. The van der Waals surface area contributed by atoms with E-state index in [1.807, 2.05) is 0 Å². The molecule has 0 atom stereocenters. The van der Waals surface area contributed by atoms with E-state index in [9.17, 15) is 12.6 Å². The van der Waals surface area contributed by atoms with Crippen molar-refractivity contribution < 1.29 is 12.6 Å². The molecule has 1 aromatic carbocycles. The van der Waals surface area contributed by atoms with Gasteiger partial charge >= 0.3 is 0 Å². The molecule has 0 unspecified atom stereocenters. The molecule has 0 fully saturated rings. The summed E-state index contributed by atoms with van der Waals surface area (Å²) in [5, 5.41) is 0. The number of rotatable bonds is 2. The first-order valence-corrected chi connectivity index (χ1v) is 5.12. The van der Waals surface area contributed by atoms with Gasteiger partial charge in [0.1, 0.15) is 0 Å². The molecule has 64 valence electrons. The summed E-state index contributed by atoms with van der Waals surface area (Å²) in [5.74, 6) is 0. The van der Waals surface area contributed by atoms with E-state index in [0.717, 1.165) is 0 Å². The van der Waals surface area contributed by atoms with Crippen molar-refractivity contribution in [1.82, 2.24) is 0 Å². The zero-order chi connectivity index (χ0) is 9.03. The highest BCUT2D eigenvalue weighted by molar-refractivity contribution is 7.93. The molecule has 0 saturated heterocycles. The third kappa shape index (κ3) is 1.99. The first-order chi connectivity index (χ1) is 5.67. The molecule has 0 aliphatic rings. The van der Waals surface area contributed by atoms with Gasteiger partial charge in [-0.1, -0.05) is 22.0 Å². The van der Waals surface area contributed by atoms with Gasteiger partial charge in [0.2, 0.25) is 11.5 Å². The maximum absolute atomic E-state index is 11.0. The Morgan fingerprint density at radius 3 is 2.25 bits per heavy atom. The minimum atomic E-state index is -3.73. The zero-order valence-electron chi connectivity index (χ0n) is 5.88. The molecule has 0 spiro atoms. The van der Waals surface area contributed by atoms with Crippen molar-refractivity contribution in [2.24, 2.45) is 3.77 Å². The smallest absolute Gasteiger partial charge is 0.198 e. The molecular weight excluding hydrogens is 198 g/mol. The van der Waals surface area contributed by atoms with Crippen molar-refractivity contribution >= 4 is 21.5 Å². The lowest BCUT2D eigenvalue weighted by Gasteiger charge is -1.92. The molecule has 4 nitrogen and oxygen atoms in total.